The fourth-order valence-electron chi connectivity index (χ4n) is 3.21. The van der Waals surface area contributed by atoms with Crippen molar-refractivity contribution in [2.24, 2.45) is 13.0 Å². The first kappa shape index (κ1) is 16.9. The van der Waals surface area contributed by atoms with E-state index in [2.05, 4.69) is 9.88 Å². The molecule has 6 heteroatoms. The van der Waals surface area contributed by atoms with Crippen molar-refractivity contribution in [1.29, 1.82) is 0 Å². The van der Waals surface area contributed by atoms with Crippen LogP contribution in [0.2, 0.25) is 0 Å². The average Bonchev–Trinajstić information content (AvgIpc) is 3.01. The first-order valence-electron chi connectivity index (χ1n) is 8.39. The van der Waals surface area contributed by atoms with Crippen LogP contribution in [0.3, 0.4) is 0 Å². The number of halogens is 1. The number of rotatable bonds is 6. The van der Waals surface area contributed by atoms with Gasteiger partial charge in [-0.15, -0.1) is 0 Å². The third-order valence-corrected chi connectivity index (χ3v) is 4.67. The first-order valence-corrected chi connectivity index (χ1v) is 8.39. The summed E-state index contributed by atoms with van der Waals surface area (Å²) >= 11 is 0. The van der Waals surface area contributed by atoms with Gasteiger partial charge in [-0.1, -0.05) is 6.07 Å². The largest absolute Gasteiger partial charge is 0.492 e. The van der Waals surface area contributed by atoms with Crippen molar-refractivity contribution in [3.8, 4) is 5.75 Å². The Hall–Kier alpha value is -1.92. The monoisotopic (exact) mass is 333 g/mol. The van der Waals surface area contributed by atoms with Crippen molar-refractivity contribution in [3.63, 3.8) is 0 Å². The van der Waals surface area contributed by atoms with Crippen LogP contribution < -0.4 is 4.74 Å². The van der Waals surface area contributed by atoms with E-state index in [1.807, 2.05) is 17.8 Å². The van der Waals surface area contributed by atoms with Gasteiger partial charge in [-0.05, 0) is 44.0 Å². The average molecular weight is 333 g/mol. The number of benzene rings is 1. The Bertz CT molecular complexity index is 653. The van der Waals surface area contributed by atoms with Gasteiger partial charge in [0.1, 0.15) is 30.1 Å². The van der Waals surface area contributed by atoms with Crippen LogP contribution in [0.25, 0.3) is 0 Å². The number of ether oxygens (including phenoxy) is 1. The molecular weight excluding hydrogens is 309 g/mol. The molecule has 1 aliphatic heterocycles. The molecule has 0 radical (unpaired) electrons. The number of aliphatic hydroxyl groups is 1. The molecule has 2 heterocycles. The number of piperidine rings is 1. The second kappa shape index (κ2) is 7.77. The highest BCUT2D eigenvalue weighted by Crippen LogP contribution is 2.29. The number of aliphatic hydroxyl groups excluding tert-OH is 1. The van der Waals surface area contributed by atoms with Gasteiger partial charge in [0, 0.05) is 32.1 Å². The zero-order valence-corrected chi connectivity index (χ0v) is 13.9. The van der Waals surface area contributed by atoms with Crippen LogP contribution >= 0.6 is 0 Å². The summed E-state index contributed by atoms with van der Waals surface area (Å²) < 4.78 is 20.6. The Morgan fingerprint density at radius 3 is 2.83 bits per heavy atom. The molecule has 1 saturated heterocycles. The van der Waals surface area contributed by atoms with Crippen molar-refractivity contribution in [1.82, 2.24) is 14.5 Å². The van der Waals surface area contributed by atoms with E-state index in [9.17, 15) is 9.50 Å². The molecule has 0 spiro atoms. The van der Waals surface area contributed by atoms with Crippen molar-refractivity contribution >= 4 is 0 Å². The molecule has 5 nitrogen and oxygen atoms in total. The van der Waals surface area contributed by atoms with Crippen LogP contribution in [0.5, 0.6) is 5.75 Å². The molecule has 24 heavy (non-hydrogen) atoms. The molecular formula is C18H24FN3O2. The zero-order valence-electron chi connectivity index (χ0n) is 13.9. The fraction of sp³-hybridized carbons (Fsp3) is 0.500. The molecule has 1 atom stereocenters. The number of aromatic nitrogens is 2. The number of aryl methyl sites for hydroxylation is 1. The summed E-state index contributed by atoms with van der Waals surface area (Å²) in [5, 5.41) is 10.5. The minimum atomic E-state index is -0.504. The molecule has 1 aromatic carbocycles. The Morgan fingerprint density at radius 1 is 1.38 bits per heavy atom. The number of likely N-dealkylation sites (tertiary alicyclic amines) is 1. The molecule has 0 aliphatic carbocycles. The van der Waals surface area contributed by atoms with Crippen molar-refractivity contribution in [3.05, 3.63) is 48.3 Å². The number of hydrogen-bond donors (Lipinski definition) is 1. The van der Waals surface area contributed by atoms with E-state index < -0.39 is 6.10 Å². The normalized spacial score (nSPS) is 17.8. The van der Waals surface area contributed by atoms with Gasteiger partial charge < -0.3 is 14.4 Å². The minimum absolute atomic E-state index is 0.242. The molecule has 1 N–H and O–H groups in total. The van der Waals surface area contributed by atoms with Crippen molar-refractivity contribution in [2.75, 3.05) is 26.2 Å². The van der Waals surface area contributed by atoms with E-state index >= 15 is 0 Å². The van der Waals surface area contributed by atoms with Gasteiger partial charge in [-0.3, -0.25) is 4.90 Å². The van der Waals surface area contributed by atoms with Gasteiger partial charge in [0.25, 0.3) is 0 Å². The maximum Gasteiger partial charge on any atom is 0.137 e. The smallest absolute Gasteiger partial charge is 0.137 e. The van der Waals surface area contributed by atoms with E-state index in [-0.39, 0.29) is 11.7 Å². The van der Waals surface area contributed by atoms with E-state index in [0.29, 0.717) is 12.4 Å². The standard InChI is InChI=1S/C18H24FN3O2/c1-21-10-7-20-18(21)17(23)14-5-8-22(9-6-14)11-12-24-16-4-2-3-15(19)13-16/h2-4,7,10,13-14,17,23H,5-6,8-9,11-12H2,1H3. The Labute approximate surface area is 141 Å². The predicted octanol–water partition coefficient (Wildman–Crippen LogP) is 2.38. The molecule has 0 amide bonds. The van der Waals surface area contributed by atoms with Crippen LogP contribution in [0.15, 0.2) is 36.7 Å². The lowest BCUT2D eigenvalue weighted by atomic mass is 9.91. The topological polar surface area (TPSA) is 50.5 Å². The van der Waals surface area contributed by atoms with E-state index in [4.69, 9.17) is 4.74 Å². The fourth-order valence-corrected chi connectivity index (χ4v) is 3.21. The van der Waals surface area contributed by atoms with Gasteiger partial charge in [0.05, 0.1) is 0 Å². The highest BCUT2D eigenvalue weighted by molar-refractivity contribution is 5.22. The van der Waals surface area contributed by atoms with Crippen LogP contribution in [0.4, 0.5) is 4.39 Å². The maximum atomic E-state index is 13.1. The second-order valence-corrected chi connectivity index (χ2v) is 6.33. The van der Waals surface area contributed by atoms with Crippen LogP contribution in [0.1, 0.15) is 24.8 Å². The van der Waals surface area contributed by atoms with Gasteiger partial charge in [0.15, 0.2) is 0 Å². The second-order valence-electron chi connectivity index (χ2n) is 6.33. The van der Waals surface area contributed by atoms with Crippen LogP contribution in [-0.4, -0.2) is 45.8 Å². The molecule has 1 aliphatic rings. The van der Waals surface area contributed by atoms with Crippen LogP contribution in [0, 0.1) is 11.7 Å². The number of imidazole rings is 1. The summed E-state index contributed by atoms with van der Waals surface area (Å²) in [5.41, 5.74) is 0. The summed E-state index contributed by atoms with van der Waals surface area (Å²) in [6.45, 7) is 3.20. The van der Waals surface area contributed by atoms with E-state index in [0.717, 1.165) is 38.3 Å². The SMILES string of the molecule is Cn1ccnc1C(O)C1CCN(CCOc2cccc(F)c2)CC1. The van der Waals surface area contributed by atoms with Gasteiger partial charge >= 0.3 is 0 Å². The van der Waals surface area contributed by atoms with Gasteiger partial charge in [0.2, 0.25) is 0 Å². The molecule has 1 fully saturated rings. The van der Waals surface area contributed by atoms with E-state index in [1.54, 1.807) is 18.3 Å². The molecule has 0 saturated carbocycles. The van der Waals surface area contributed by atoms with Crippen LogP contribution in [-0.2, 0) is 7.05 Å². The maximum absolute atomic E-state index is 13.1. The highest BCUT2D eigenvalue weighted by Gasteiger charge is 2.28. The molecule has 2 aromatic rings. The first-order chi connectivity index (χ1) is 11.6. The lowest BCUT2D eigenvalue weighted by molar-refractivity contribution is 0.0478. The van der Waals surface area contributed by atoms with Crippen molar-refractivity contribution < 1.29 is 14.2 Å². The molecule has 1 aromatic heterocycles. The molecule has 3 rings (SSSR count). The highest BCUT2D eigenvalue weighted by atomic mass is 19.1. The van der Waals surface area contributed by atoms with Gasteiger partial charge in [-0.2, -0.15) is 0 Å². The molecule has 0 bridgehead atoms. The number of nitrogens with zero attached hydrogens (tertiary/aromatic N) is 3. The lowest BCUT2D eigenvalue weighted by Crippen LogP contribution is -2.38. The molecule has 1 unspecified atom stereocenters. The zero-order chi connectivity index (χ0) is 16.9. The summed E-state index contributed by atoms with van der Waals surface area (Å²) in [4.78, 5) is 6.57. The summed E-state index contributed by atoms with van der Waals surface area (Å²) in [6, 6.07) is 6.22. The van der Waals surface area contributed by atoms with Crippen molar-refractivity contribution in [2.45, 2.75) is 18.9 Å². The van der Waals surface area contributed by atoms with E-state index in [1.165, 1.54) is 12.1 Å². The van der Waals surface area contributed by atoms with Gasteiger partial charge in [-0.25, -0.2) is 9.37 Å². The Kier molecular flexibility index (Phi) is 5.48. The molecule has 130 valence electrons. The number of hydrogen-bond acceptors (Lipinski definition) is 4. The lowest BCUT2D eigenvalue weighted by Gasteiger charge is -2.33. The summed E-state index contributed by atoms with van der Waals surface area (Å²) in [6.07, 6.45) is 4.95. The Morgan fingerprint density at radius 2 is 2.17 bits per heavy atom. The quantitative estimate of drug-likeness (QED) is 0.882. The minimum Gasteiger partial charge on any atom is -0.492 e. The predicted molar refractivity (Wildman–Crippen MR) is 89.2 cm³/mol. The third kappa shape index (κ3) is 4.13. The summed E-state index contributed by atoms with van der Waals surface area (Å²) in [5.74, 6) is 1.26. The summed E-state index contributed by atoms with van der Waals surface area (Å²) in [7, 11) is 1.91. The Balaban J connectivity index is 1.41. The third-order valence-electron chi connectivity index (χ3n) is 4.67.